The number of esters is 1. The summed E-state index contributed by atoms with van der Waals surface area (Å²) < 4.78 is 7.43. The largest absolute Gasteiger partial charge is 0.466 e. The van der Waals surface area contributed by atoms with Crippen LogP contribution in [0.25, 0.3) is 10.9 Å². The van der Waals surface area contributed by atoms with Crippen LogP contribution in [0.4, 0.5) is 0 Å². The van der Waals surface area contributed by atoms with Gasteiger partial charge in [-0.05, 0) is 31.4 Å². The van der Waals surface area contributed by atoms with Crippen LogP contribution < -0.4 is 0 Å². The molecule has 1 atom stereocenters. The van der Waals surface area contributed by atoms with Crippen molar-refractivity contribution in [2.75, 3.05) is 6.61 Å². The zero-order valence-corrected chi connectivity index (χ0v) is 12.9. The normalized spacial score (nSPS) is 17.4. The molecule has 0 radical (unpaired) electrons. The molecule has 0 aromatic carbocycles. The molecular weight excluding hydrogens is 264 g/mol. The van der Waals surface area contributed by atoms with Crippen molar-refractivity contribution in [1.82, 2.24) is 9.55 Å². The fourth-order valence-electron chi connectivity index (χ4n) is 3.34. The number of fused-ring (bicyclic) bond motifs is 3. The average molecular weight is 286 g/mol. The van der Waals surface area contributed by atoms with Gasteiger partial charge in [-0.25, -0.2) is 0 Å². The van der Waals surface area contributed by atoms with Gasteiger partial charge in [-0.1, -0.05) is 13.8 Å². The third kappa shape index (κ3) is 2.43. The van der Waals surface area contributed by atoms with Crippen LogP contribution in [0.5, 0.6) is 0 Å². The molecule has 2 aromatic heterocycles. The second-order valence-corrected chi connectivity index (χ2v) is 6.00. The molecule has 1 aliphatic heterocycles. The van der Waals surface area contributed by atoms with Crippen molar-refractivity contribution >= 4 is 16.9 Å². The summed E-state index contributed by atoms with van der Waals surface area (Å²) in [4.78, 5) is 16.3. The minimum Gasteiger partial charge on any atom is -0.466 e. The Morgan fingerprint density at radius 2 is 2.33 bits per heavy atom. The molecule has 3 heterocycles. The summed E-state index contributed by atoms with van der Waals surface area (Å²) in [5.41, 5.74) is 3.65. The van der Waals surface area contributed by atoms with E-state index in [0.29, 0.717) is 18.9 Å². The summed E-state index contributed by atoms with van der Waals surface area (Å²) >= 11 is 0. The van der Waals surface area contributed by atoms with Gasteiger partial charge in [0.05, 0.1) is 24.2 Å². The Morgan fingerprint density at radius 3 is 3.05 bits per heavy atom. The van der Waals surface area contributed by atoms with Crippen LogP contribution in [0.15, 0.2) is 18.3 Å². The predicted molar refractivity (Wildman–Crippen MR) is 82.4 cm³/mol. The van der Waals surface area contributed by atoms with Crippen molar-refractivity contribution in [2.24, 2.45) is 0 Å². The SMILES string of the molecule is CCOC(=O)CC1CCn2c1cc1c(C(C)C)nccc12. The lowest BCUT2D eigenvalue weighted by molar-refractivity contribution is -0.143. The van der Waals surface area contributed by atoms with Crippen LogP contribution in [-0.4, -0.2) is 22.1 Å². The summed E-state index contributed by atoms with van der Waals surface area (Å²) in [5, 5.41) is 1.23. The van der Waals surface area contributed by atoms with Gasteiger partial charge in [-0.2, -0.15) is 0 Å². The summed E-state index contributed by atoms with van der Waals surface area (Å²) in [5.74, 6) is 0.584. The van der Waals surface area contributed by atoms with Gasteiger partial charge in [0.25, 0.3) is 0 Å². The lowest BCUT2D eigenvalue weighted by Gasteiger charge is -2.08. The second kappa shape index (κ2) is 5.51. The Labute approximate surface area is 125 Å². The summed E-state index contributed by atoms with van der Waals surface area (Å²) in [7, 11) is 0. The predicted octanol–water partition coefficient (Wildman–Crippen LogP) is 3.60. The molecule has 0 bridgehead atoms. The quantitative estimate of drug-likeness (QED) is 0.807. The standard InChI is InChI=1S/C17H22N2O2/c1-4-21-16(20)9-12-6-8-19-14-5-7-18-17(11(2)3)13(14)10-15(12)19/h5,7,10-12H,4,6,8-9H2,1-3H3. The van der Waals surface area contributed by atoms with E-state index in [4.69, 9.17) is 4.74 Å². The molecule has 0 saturated heterocycles. The first-order valence-corrected chi connectivity index (χ1v) is 7.75. The molecule has 0 fully saturated rings. The third-order valence-electron chi connectivity index (χ3n) is 4.28. The Bertz CT molecular complexity index is 673. The highest BCUT2D eigenvalue weighted by Gasteiger charge is 2.28. The summed E-state index contributed by atoms with van der Waals surface area (Å²) in [6.45, 7) is 7.62. The first-order chi connectivity index (χ1) is 10.1. The lowest BCUT2D eigenvalue weighted by atomic mass is 9.99. The van der Waals surface area contributed by atoms with E-state index in [2.05, 4.69) is 35.5 Å². The van der Waals surface area contributed by atoms with Gasteiger partial charge in [0.2, 0.25) is 0 Å². The van der Waals surface area contributed by atoms with E-state index in [0.717, 1.165) is 18.7 Å². The summed E-state index contributed by atoms with van der Waals surface area (Å²) in [6.07, 6.45) is 3.39. The number of nitrogens with zero attached hydrogens (tertiary/aromatic N) is 2. The van der Waals surface area contributed by atoms with Gasteiger partial charge in [0, 0.05) is 29.7 Å². The molecule has 0 spiro atoms. The number of hydrogen-bond acceptors (Lipinski definition) is 3. The van der Waals surface area contributed by atoms with E-state index in [-0.39, 0.29) is 11.9 Å². The molecule has 0 aliphatic carbocycles. The number of ether oxygens (including phenoxy) is 1. The van der Waals surface area contributed by atoms with E-state index in [1.807, 2.05) is 13.1 Å². The van der Waals surface area contributed by atoms with Crippen LogP contribution >= 0.6 is 0 Å². The highest BCUT2D eigenvalue weighted by Crippen LogP contribution is 2.38. The van der Waals surface area contributed by atoms with Crippen molar-refractivity contribution in [3.05, 3.63) is 29.7 Å². The van der Waals surface area contributed by atoms with E-state index in [9.17, 15) is 4.79 Å². The van der Waals surface area contributed by atoms with E-state index in [1.165, 1.54) is 16.6 Å². The van der Waals surface area contributed by atoms with Crippen LogP contribution in [0, 0.1) is 0 Å². The highest BCUT2D eigenvalue weighted by molar-refractivity contribution is 5.84. The van der Waals surface area contributed by atoms with Crippen molar-refractivity contribution in [3.8, 4) is 0 Å². The molecule has 2 aromatic rings. The molecule has 1 unspecified atom stereocenters. The Balaban J connectivity index is 1.97. The third-order valence-corrected chi connectivity index (χ3v) is 4.28. The molecule has 0 amide bonds. The Morgan fingerprint density at radius 1 is 1.52 bits per heavy atom. The number of aromatic nitrogens is 2. The zero-order valence-electron chi connectivity index (χ0n) is 12.9. The number of carbonyl (C=O) groups excluding carboxylic acids is 1. The van der Waals surface area contributed by atoms with Crippen molar-refractivity contribution in [1.29, 1.82) is 0 Å². The second-order valence-electron chi connectivity index (χ2n) is 6.00. The minimum absolute atomic E-state index is 0.0941. The number of pyridine rings is 1. The first kappa shape index (κ1) is 14.1. The molecule has 112 valence electrons. The van der Waals surface area contributed by atoms with E-state index < -0.39 is 0 Å². The van der Waals surface area contributed by atoms with Crippen LogP contribution in [0.2, 0.25) is 0 Å². The molecule has 0 N–H and O–H groups in total. The molecule has 4 heteroatoms. The molecule has 4 nitrogen and oxygen atoms in total. The van der Waals surface area contributed by atoms with Gasteiger partial charge in [0.1, 0.15) is 0 Å². The zero-order chi connectivity index (χ0) is 15.0. The number of rotatable bonds is 4. The topological polar surface area (TPSA) is 44.1 Å². The van der Waals surface area contributed by atoms with Crippen molar-refractivity contribution < 1.29 is 9.53 Å². The van der Waals surface area contributed by atoms with Gasteiger partial charge in [0.15, 0.2) is 0 Å². The smallest absolute Gasteiger partial charge is 0.306 e. The van der Waals surface area contributed by atoms with E-state index in [1.54, 1.807) is 0 Å². The monoisotopic (exact) mass is 286 g/mol. The van der Waals surface area contributed by atoms with Crippen LogP contribution in [0.1, 0.15) is 56.8 Å². The molecule has 1 aliphatic rings. The summed E-state index contributed by atoms with van der Waals surface area (Å²) in [6, 6.07) is 4.31. The number of aryl methyl sites for hydroxylation is 1. The maximum atomic E-state index is 11.8. The molecule has 21 heavy (non-hydrogen) atoms. The van der Waals surface area contributed by atoms with Gasteiger partial charge in [-0.15, -0.1) is 0 Å². The van der Waals surface area contributed by atoms with Crippen molar-refractivity contribution in [3.63, 3.8) is 0 Å². The van der Waals surface area contributed by atoms with Crippen molar-refractivity contribution in [2.45, 2.75) is 52.0 Å². The number of hydrogen-bond donors (Lipinski definition) is 0. The van der Waals surface area contributed by atoms with Gasteiger partial charge in [-0.3, -0.25) is 9.78 Å². The Kier molecular flexibility index (Phi) is 3.70. The van der Waals surface area contributed by atoms with Crippen LogP contribution in [0.3, 0.4) is 0 Å². The van der Waals surface area contributed by atoms with E-state index >= 15 is 0 Å². The fraction of sp³-hybridized carbons (Fsp3) is 0.529. The minimum atomic E-state index is -0.0941. The fourth-order valence-corrected chi connectivity index (χ4v) is 3.34. The molecular formula is C17H22N2O2. The van der Waals surface area contributed by atoms with Gasteiger partial charge >= 0.3 is 5.97 Å². The molecule has 0 saturated carbocycles. The number of carbonyl (C=O) groups is 1. The highest BCUT2D eigenvalue weighted by atomic mass is 16.5. The van der Waals surface area contributed by atoms with Crippen LogP contribution in [-0.2, 0) is 16.1 Å². The first-order valence-electron chi connectivity index (χ1n) is 7.75. The maximum absolute atomic E-state index is 11.8. The average Bonchev–Trinajstić information content (AvgIpc) is 2.98. The Hall–Kier alpha value is -1.84. The maximum Gasteiger partial charge on any atom is 0.306 e. The molecule has 3 rings (SSSR count). The van der Waals surface area contributed by atoms with Gasteiger partial charge < -0.3 is 9.30 Å². The lowest BCUT2D eigenvalue weighted by Crippen LogP contribution is -2.08.